The van der Waals surface area contributed by atoms with Gasteiger partial charge in [-0.3, -0.25) is 9.69 Å². The van der Waals surface area contributed by atoms with E-state index < -0.39 is 0 Å². The molecular formula is C16H20Cl2N2O2. The highest BCUT2D eigenvalue weighted by Gasteiger charge is 2.30. The van der Waals surface area contributed by atoms with Gasteiger partial charge in [-0.1, -0.05) is 29.3 Å². The number of carbonyl (C=O) groups excluding carboxylic acids is 1. The first-order valence-corrected chi connectivity index (χ1v) is 8.46. The molecule has 2 fully saturated rings. The Kier molecular flexibility index (Phi) is 5.24. The predicted octanol–water partition coefficient (Wildman–Crippen LogP) is 2.82. The van der Waals surface area contributed by atoms with E-state index in [1.54, 1.807) is 6.07 Å². The molecule has 0 unspecified atom stereocenters. The molecule has 1 aromatic rings. The fourth-order valence-electron chi connectivity index (χ4n) is 2.99. The van der Waals surface area contributed by atoms with Gasteiger partial charge in [0.1, 0.15) is 6.10 Å². The Morgan fingerprint density at radius 1 is 1.23 bits per heavy atom. The van der Waals surface area contributed by atoms with Crippen molar-refractivity contribution in [1.29, 1.82) is 0 Å². The van der Waals surface area contributed by atoms with Crippen LogP contribution in [0.1, 0.15) is 18.4 Å². The SMILES string of the molecule is O=C([C@H]1CCCO1)N1CCN(Cc2ccc(Cl)cc2Cl)CC1. The van der Waals surface area contributed by atoms with Gasteiger partial charge in [0.2, 0.25) is 0 Å². The summed E-state index contributed by atoms with van der Waals surface area (Å²) in [5, 5.41) is 1.35. The molecule has 1 amide bonds. The third kappa shape index (κ3) is 3.74. The van der Waals surface area contributed by atoms with E-state index in [2.05, 4.69) is 4.90 Å². The van der Waals surface area contributed by atoms with Crippen molar-refractivity contribution in [3.63, 3.8) is 0 Å². The van der Waals surface area contributed by atoms with Gasteiger partial charge in [-0.05, 0) is 30.5 Å². The van der Waals surface area contributed by atoms with E-state index in [-0.39, 0.29) is 12.0 Å². The van der Waals surface area contributed by atoms with Crippen molar-refractivity contribution in [2.24, 2.45) is 0 Å². The first kappa shape index (κ1) is 16.1. The summed E-state index contributed by atoms with van der Waals surface area (Å²) in [6, 6.07) is 5.60. The number of benzene rings is 1. The number of halogens is 2. The second-order valence-corrected chi connectivity index (χ2v) is 6.68. The summed E-state index contributed by atoms with van der Waals surface area (Å²) in [5.74, 6) is 0.154. The Hall–Kier alpha value is -0.810. The Morgan fingerprint density at radius 2 is 2.00 bits per heavy atom. The molecule has 1 atom stereocenters. The number of carbonyl (C=O) groups is 1. The minimum absolute atomic E-state index is 0.154. The fraction of sp³-hybridized carbons (Fsp3) is 0.562. The van der Waals surface area contributed by atoms with Crippen LogP contribution in [-0.2, 0) is 16.1 Å². The van der Waals surface area contributed by atoms with Crippen LogP contribution in [0.3, 0.4) is 0 Å². The van der Waals surface area contributed by atoms with Gasteiger partial charge in [0.25, 0.3) is 5.91 Å². The summed E-state index contributed by atoms with van der Waals surface area (Å²) < 4.78 is 5.48. The second-order valence-electron chi connectivity index (χ2n) is 5.84. The zero-order valence-corrected chi connectivity index (χ0v) is 13.9. The molecule has 0 aromatic heterocycles. The Morgan fingerprint density at radius 3 is 2.64 bits per heavy atom. The van der Waals surface area contributed by atoms with Crippen LogP contribution in [0.4, 0.5) is 0 Å². The number of hydrogen-bond acceptors (Lipinski definition) is 3. The first-order valence-electron chi connectivity index (χ1n) is 7.70. The van der Waals surface area contributed by atoms with Crippen LogP contribution in [0, 0.1) is 0 Å². The van der Waals surface area contributed by atoms with Crippen molar-refractivity contribution in [3.8, 4) is 0 Å². The second kappa shape index (κ2) is 7.18. The number of amides is 1. The molecule has 120 valence electrons. The summed E-state index contributed by atoms with van der Waals surface area (Å²) in [4.78, 5) is 16.5. The molecule has 0 N–H and O–H groups in total. The molecule has 3 rings (SSSR count). The highest BCUT2D eigenvalue weighted by molar-refractivity contribution is 6.35. The largest absolute Gasteiger partial charge is 0.368 e. The summed E-state index contributed by atoms with van der Waals surface area (Å²) in [5.41, 5.74) is 1.07. The quantitative estimate of drug-likeness (QED) is 0.846. The van der Waals surface area contributed by atoms with Crippen LogP contribution in [-0.4, -0.2) is 54.6 Å². The average molecular weight is 343 g/mol. The van der Waals surface area contributed by atoms with Crippen LogP contribution < -0.4 is 0 Å². The maximum Gasteiger partial charge on any atom is 0.251 e. The van der Waals surface area contributed by atoms with Crippen molar-refractivity contribution in [2.75, 3.05) is 32.8 Å². The number of nitrogens with zero attached hydrogens (tertiary/aromatic N) is 2. The number of rotatable bonds is 3. The van der Waals surface area contributed by atoms with E-state index in [9.17, 15) is 4.79 Å². The van der Waals surface area contributed by atoms with E-state index in [1.807, 2.05) is 17.0 Å². The predicted molar refractivity (Wildman–Crippen MR) is 87.3 cm³/mol. The summed E-state index contributed by atoms with van der Waals surface area (Å²) >= 11 is 12.1. The van der Waals surface area contributed by atoms with Gasteiger partial charge in [-0.2, -0.15) is 0 Å². The highest BCUT2D eigenvalue weighted by Crippen LogP contribution is 2.23. The third-order valence-corrected chi connectivity index (χ3v) is 4.89. The van der Waals surface area contributed by atoms with Crippen molar-refractivity contribution >= 4 is 29.1 Å². The lowest BCUT2D eigenvalue weighted by Gasteiger charge is -2.35. The molecule has 4 nitrogen and oxygen atoms in total. The van der Waals surface area contributed by atoms with Gasteiger partial charge in [0.15, 0.2) is 0 Å². The van der Waals surface area contributed by atoms with Crippen LogP contribution in [0.25, 0.3) is 0 Å². The maximum atomic E-state index is 12.3. The van der Waals surface area contributed by atoms with Crippen LogP contribution in [0.5, 0.6) is 0 Å². The average Bonchev–Trinajstić information content (AvgIpc) is 3.04. The van der Waals surface area contributed by atoms with Crippen LogP contribution in [0.2, 0.25) is 10.0 Å². The molecule has 0 radical (unpaired) electrons. The van der Waals surface area contributed by atoms with E-state index in [4.69, 9.17) is 27.9 Å². The molecular weight excluding hydrogens is 323 g/mol. The highest BCUT2D eigenvalue weighted by atomic mass is 35.5. The van der Waals surface area contributed by atoms with Gasteiger partial charge in [-0.15, -0.1) is 0 Å². The molecule has 2 saturated heterocycles. The summed E-state index contributed by atoms with van der Waals surface area (Å²) in [6.45, 7) is 4.73. The van der Waals surface area contributed by atoms with Gasteiger partial charge in [0, 0.05) is 49.4 Å². The topological polar surface area (TPSA) is 32.8 Å². The zero-order valence-electron chi connectivity index (χ0n) is 12.4. The van der Waals surface area contributed by atoms with E-state index in [1.165, 1.54) is 0 Å². The lowest BCUT2D eigenvalue weighted by Crippen LogP contribution is -2.51. The minimum atomic E-state index is -0.211. The Bertz CT molecular complexity index is 539. The Labute approximate surface area is 140 Å². The first-order chi connectivity index (χ1) is 10.6. The van der Waals surface area contributed by atoms with Gasteiger partial charge in [-0.25, -0.2) is 0 Å². The molecule has 0 bridgehead atoms. The summed E-state index contributed by atoms with van der Waals surface area (Å²) in [6.07, 6.45) is 1.64. The molecule has 2 aliphatic heterocycles. The van der Waals surface area contributed by atoms with Crippen molar-refractivity contribution < 1.29 is 9.53 Å². The molecule has 1 aromatic carbocycles. The van der Waals surface area contributed by atoms with Crippen molar-refractivity contribution in [1.82, 2.24) is 9.80 Å². The van der Waals surface area contributed by atoms with E-state index in [0.29, 0.717) is 16.7 Å². The number of hydrogen-bond donors (Lipinski definition) is 0. The maximum absolute atomic E-state index is 12.3. The lowest BCUT2D eigenvalue weighted by atomic mass is 10.1. The molecule has 2 heterocycles. The molecule has 0 saturated carbocycles. The fourth-order valence-corrected chi connectivity index (χ4v) is 3.46. The normalized spacial score (nSPS) is 23.0. The summed E-state index contributed by atoms with van der Waals surface area (Å²) in [7, 11) is 0. The monoisotopic (exact) mass is 342 g/mol. The minimum Gasteiger partial charge on any atom is -0.368 e. The molecule has 0 aliphatic carbocycles. The molecule has 2 aliphatic rings. The smallest absolute Gasteiger partial charge is 0.251 e. The molecule has 22 heavy (non-hydrogen) atoms. The third-order valence-electron chi connectivity index (χ3n) is 4.30. The number of piperazine rings is 1. The Balaban J connectivity index is 1.52. The standard InChI is InChI=1S/C16H20Cl2N2O2/c17-13-4-3-12(14(18)10-13)11-19-5-7-20(8-6-19)16(21)15-2-1-9-22-15/h3-4,10,15H,1-2,5-9,11H2/t15-/m1/s1. The van der Waals surface area contributed by atoms with Crippen LogP contribution in [0.15, 0.2) is 18.2 Å². The van der Waals surface area contributed by atoms with Gasteiger partial charge < -0.3 is 9.64 Å². The van der Waals surface area contributed by atoms with Crippen molar-refractivity contribution in [3.05, 3.63) is 33.8 Å². The van der Waals surface area contributed by atoms with Crippen molar-refractivity contribution in [2.45, 2.75) is 25.5 Å². The molecule has 6 heteroatoms. The van der Waals surface area contributed by atoms with Gasteiger partial charge in [0.05, 0.1) is 0 Å². The van der Waals surface area contributed by atoms with Crippen LogP contribution >= 0.6 is 23.2 Å². The lowest BCUT2D eigenvalue weighted by molar-refractivity contribution is -0.142. The zero-order chi connectivity index (χ0) is 15.5. The van der Waals surface area contributed by atoms with E-state index >= 15 is 0 Å². The molecule has 0 spiro atoms. The van der Waals surface area contributed by atoms with E-state index in [0.717, 1.165) is 51.1 Å². The number of ether oxygens (including phenoxy) is 1. The van der Waals surface area contributed by atoms with Gasteiger partial charge >= 0.3 is 0 Å².